The molecule has 5 nitrogen and oxygen atoms in total. The molecule has 0 aromatic heterocycles. The standard InChI is InChI=1S/C23H34O5/c1-26-12-13-28-15-27-11-10-23-9-8-19-18-5-3-17(24)14-16(18)2-4-20(19)21(23)6-7-22(23)25/h2,20-22,25H,3-15H2,1H3/t20?,21?,22-,23+/m0/s1. The van der Waals surface area contributed by atoms with Crippen molar-refractivity contribution >= 4 is 5.78 Å². The smallest absolute Gasteiger partial charge is 0.146 e. The summed E-state index contributed by atoms with van der Waals surface area (Å²) in [5.74, 6) is 1.48. The quantitative estimate of drug-likeness (QED) is 0.507. The zero-order chi connectivity index (χ0) is 19.6. The van der Waals surface area contributed by atoms with E-state index in [2.05, 4.69) is 6.08 Å². The summed E-state index contributed by atoms with van der Waals surface area (Å²) in [5, 5.41) is 10.9. The monoisotopic (exact) mass is 390 g/mol. The lowest BCUT2D eigenvalue weighted by molar-refractivity contribution is -0.118. The van der Waals surface area contributed by atoms with Gasteiger partial charge in [-0.05, 0) is 67.9 Å². The minimum absolute atomic E-state index is 0.0168. The topological polar surface area (TPSA) is 65.0 Å². The maximum atomic E-state index is 11.9. The number of carbonyl (C=O) groups is 1. The SMILES string of the molecule is COCCOCOCC[C@]12CCC3=C4CCC(=O)CC4=CCC3C1CC[C@@H]2O. The number of fused-ring (bicyclic) bond motifs is 4. The zero-order valence-corrected chi connectivity index (χ0v) is 17.1. The third-order valence-corrected chi connectivity index (χ3v) is 7.69. The third kappa shape index (κ3) is 3.74. The van der Waals surface area contributed by atoms with Crippen molar-refractivity contribution in [3.05, 3.63) is 22.8 Å². The molecule has 0 amide bonds. The first kappa shape index (κ1) is 20.3. The van der Waals surface area contributed by atoms with Crippen molar-refractivity contribution in [2.24, 2.45) is 17.3 Å². The highest BCUT2D eigenvalue weighted by Gasteiger charge is 2.55. The van der Waals surface area contributed by atoms with Crippen molar-refractivity contribution in [3.8, 4) is 0 Å². The highest BCUT2D eigenvalue weighted by Crippen LogP contribution is 2.61. The molecular formula is C23H34O5. The Labute approximate surface area is 168 Å². The largest absolute Gasteiger partial charge is 0.393 e. The van der Waals surface area contributed by atoms with E-state index in [1.54, 1.807) is 12.7 Å². The summed E-state index contributed by atoms with van der Waals surface area (Å²) in [5.41, 5.74) is 4.40. The fourth-order valence-corrected chi connectivity index (χ4v) is 6.31. The molecule has 5 heteroatoms. The van der Waals surface area contributed by atoms with Crippen LogP contribution in [0.15, 0.2) is 22.8 Å². The highest BCUT2D eigenvalue weighted by molar-refractivity contribution is 5.84. The van der Waals surface area contributed by atoms with Gasteiger partial charge in [-0.3, -0.25) is 4.79 Å². The fraction of sp³-hybridized carbons (Fsp3) is 0.783. The molecule has 0 radical (unpaired) electrons. The van der Waals surface area contributed by atoms with Crippen LogP contribution in [-0.4, -0.2) is 50.7 Å². The lowest BCUT2D eigenvalue weighted by Crippen LogP contribution is -2.44. The molecule has 0 aromatic rings. The molecule has 4 rings (SSSR count). The van der Waals surface area contributed by atoms with E-state index >= 15 is 0 Å². The van der Waals surface area contributed by atoms with Gasteiger partial charge in [0, 0.05) is 25.4 Å². The van der Waals surface area contributed by atoms with Crippen LogP contribution >= 0.6 is 0 Å². The molecule has 28 heavy (non-hydrogen) atoms. The first-order valence-electron chi connectivity index (χ1n) is 10.9. The van der Waals surface area contributed by atoms with Gasteiger partial charge in [0.2, 0.25) is 0 Å². The Morgan fingerprint density at radius 1 is 1.14 bits per heavy atom. The summed E-state index contributed by atoms with van der Waals surface area (Å²) < 4.78 is 16.1. The molecule has 2 unspecified atom stereocenters. The van der Waals surface area contributed by atoms with Gasteiger partial charge in [-0.25, -0.2) is 0 Å². The van der Waals surface area contributed by atoms with E-state index in [1.807, 2.05) is 0 Å². The van der Waals surface area contributed by atoms with Gasteiger partial charge in [-0.1, -0.05) is 11.6 Å². The number of rotatable bonds is 8. The third-order valence-electron chi connectivity index (χ3n) is 7.69. The summed E-state index contributed by atoms with van der Waals surface area (Å²) in [7, 11) is 1.66. The van der Waals surface area contributed by atoms with Crippen LogP contribution in [0.1, 0.15) is 57.8 Å². The van der Waals surface area contributed by atoms with E-state index in [0.29, 0.717) is 57.1 Å². The molecule has 1 N–H and O–H groups in total. The van der Waals surface area contributed by atoms with Gasteiger partial charge in [0.05, 0.1) is 25.9 Å². The van der Waals surface area contributed by atoms with Crippen molar-refractivity contribution in [1.29, 1.82) is 0 Å². The van der Waals surface area contributed by atoms with Gasteiger partial charge >= 0.3 is 0 Å². The van der Waals surface area contributed by atoms with Crippen LogP contribution in [0.3, 0.4) is 0 Å². The van der Waals surface area contributed by atoms with E-state index in [0.717, 1.165) is 44.9 Å². The van der Waals surface area contributed by atoms with E-state index in [1.165, 1.54) is 11.1 Å². The maximum Gasteiger partial charge on any atom is 0.146 e. The Balaban J connectivity index is 1.41. The second kappa shape index (κ2) is 8.78. The lowest BCUT2D eigenvalue weighted by atomic mass is 9.56. The van der Waals surface area contributed by atoms with Crippen LogP contribution < -0.4 is 0 Å². The molecule has 0 saturated heterocycles. The van der Waals surface area contributed by atoms with Crippen molar-refractivity contribution in [2.45, 2.75) is 63.9 Å². The normalized spacial score (nSPS) is 34.7. The zero-order valence-electron chi connectivity index (χ0n) is 17.1. The number of hydrogen-bond acceptors (Lipinski definition) is 5. The molecule has 4 aliphatic rings. The van der Waals surface area contributed by atoms with Crippen LogP contribution in [-0.2, 0) is 19.0 Å². The number of methoxy groups -OCH3 is 1. The number of ketones is 1. The molecule has 0 aromatic carbocycles. The molecular weight excluding hydrogens is 356 g/mol. The van der Waals surface area contributed by atoms with E-state index < -0.39 is 0 Å². The minimum Gasteiger partial charge on any atom is -0.393 e. The summed E-state index contributed by atoms with van der Waals surface area (Å²) in [4.78, 5) is 11.9. The second-order valence-electron chi connectivity index (χ2n) is 8.90. The van der Waals surface area contributed by atoms with E-state index in [9.17, 15) is 9.90 Å². The molecule has 0 aliphatic heterocycles. The van der Waals surface area contributed by atoms with Gasteiger partial charge in [0.25, 0.3) is 0 Å². The Kier molecular flexibility index (Phi) is 6.36. The first-order chi connectivity index (χ1) is 13.7. The van der Waals surface area contributed by atoms with E-state index in [-0.39, 0.29) is 11.5 Å². The van der Waals surface area contributed by atoms with Gasteiger partial charge in [0.1, 0.15) is 12.6 Å². The van der Waals surface area contributed by atoms with Crippen LogP contribution in [0.2, 0.25) is 0 Å². The van der Waals surface area contributed by atoms with Crippen LogP contribution in [0.5, 0.6) is 0 Å². The number of aliphatic hydroxyl groups is 1. The van der Waals surface area contributed by atoms with Crippen molar-refractivity contribution in [3.63, 3.8) is 0 Å². The molecule has 3 fully saturated rings. The second-order valence-corrected chi connectivity index (χ2v) is 8.90. The summed E-state index contributed by atoms with van der Waals surface area (Å²) in [6.07, 6.45) is 10.5. The minimum atomic E-state index is -0.222. The molecule has 0 spiro atoms. The Hall–Kier alpha value is -1.01. The maximum absolute atomic E-state index is 11.9. The van der Waals surface area contributed by atoms with Crippen LogP contribution in [0.4, 0.5) is 0 Å². The molecule has 3 saturated carbocycles. The molecule has 4 atom stereocenters. The molecule has 0 bridgehead atoms. The van der Waals surface area contributed by atoms with Crippen LogP contribution in [0.25, 0.3) is 0 Å². The first-order valence-corrected chi connectivity index (χ1v) is 10.9. The average Bonchev–Trinajstić information content (AvgIpc) is 3.03. The summed E-state index contributed by atoms with van der Waals surface area (Å²) in [6, 6.07) is 0. The average molecular weight is 391 g/mol. The number of Topliss-reactive ketones (excluding diaryl/α,β-unsaturated/α-hetero) is 1. The van der Waals surface area contributed by atoms with Crippen LogP contribution in [0, 0.1) is 17.3 Å². The Morgan fingerprint density at radius 3 is 2.86 bits per heavy atom. The Bertz CT molecular complexity index is 651. The molecule has 0 heterocycles. The van der Waals surface area contributed by atoms with Crippen molar-refractivity contribution < 1.29 is 24.1 Å². The number of carbonyl (C=O) groups excluding carboxylic acids is 1. The summed E-state index contributed by atoms with van der Waals surface area (Å²) in [6.45, 7) is 2.05. The van der Waals surface area contributed by atoms with E-state index in [4.69, 9.17) is 14.2 Å². The molecule has 4 aliphatic carbocycles. The van der Waals surface area contributed by atoms with Crippen molar-refractivity contribution in [1.82, 2.24) is 0 Å². The molecule has 156 valence electrons. The lowest BCUT2D eigenvalue weighted by Gasteiger charge is -2.49. The van der Waals surface area contributed by atoms with Gasteiger partial charge in [0.15, 0.2) is 0 Å². The fourth-order valence-electron chi connectivity index (χ4n) is 6.31. The Morgan fingerprint density at radius 2 is 2.00 bits per heavy atom. The number of ether oxygens (including phenoxy) is 3. The highest BCUT2D eigenvalue weighted by atomic mass is 16.7. The van der Waals surface area contributed by atoms with Gasteiger partial charge in [-0.2, -0.15) is 0 Å². The number of aliphatic hydroxyl groups excluding tert-OH is 1. The predicted molar refractivity (Wildman–Crippen MR) is 106 cm³/mol. The van der Waals surface area contributed by atoms with Crippen molar-refractivity contribution in [2.75, 3.05) is 33.7 Å². The van der Waals surface area contributed by atoms with Gasteiger partial charge < -0.3 is 19.3 Å². The number of allylic oxidation sites excluding steroid dienone is 4. The summed E-state index contributed by atoms with van der Waals surface area (Å²) >= 11 is 0. The predicted octanol–water partition coefficient (Wildman–Crippen LogP) is 3.56. The number of hydrogen-bond donors (Lipinski definition) is 1. The van der Waals surface area contributed by atoms with Gasteiger partial charge in [-0.15, -0.1) is 0 Å².